The minimum atomic E-state index is 0.570. The first kappa shape index (κ1) is 22.8. The van der Waals surface area contributed by atoms with E-state index >= 15 is 0 Å². The quantitative estimate of drug-likeness (QED) is 0.376. The maximum absolute atomic E-state index is 5.91. The van der Waals surface area contributed by atoms with Crippen LogP contribution in [0.25, 0.3) is 17.2 Å². The van der Waals surface area contributed by atoms with E-state index in [2.05, 4.69) is 77.0 Å². The van der Waals surface area contributed by atoms with Gasteiger partial charge in [-0.3, -0.25) is 4.99 Å². The topological polar surface area (TPSA) is 62.8 Å². The molecule has 2 aromatic rings. The Morgan fingerprint density at radius 1 is 1.22 bits per heavy atom. The Morgan fingerprint density at radius 3 is 2.72 bits per heavy atom. The van der Waals surface area contributed by atoms with Crippen LogP contribution >= 0.6 is 0 Å². The second-order valence-electron chi connectivity index (χ2n) is 7.50. The fourth-order valence-corrected chi connectivity index (χ4v) is 3.51. The summed E-state index contributed by atoms with van der Waals surface area (Å²) < 4.78 is 0. The molecular weight excluding hydrogens is 392 g/mol. The lowest BCUT2D eigenvalue weighted by atomic mass is 9.91. The number of rotatable bonds is 9. The molecule has 162 valence electrons. The monoisotopic (exact) mass is 422 g/mol. The predicted octanol–water partition coefficient (Wildman–Crippen LogP) is 6.14. The molecular formula is C28H30N4. The highest BCUT2D eigenvalue weighted by molar-refractivity contribution is 6.03. The van der Waals surface area contributed by atoms with Gasteiger partial charge in [-0.1, -0.05) is 61.7 Å². The molecule has 0 saturated heterocycles. The standard InChI is InChI=1S/C28H30N4/c1-5-10-28(30-6-2)32-19-24-18-23(27-13-9-16-31-27)14-15-26(24)25-12-8-7-11-22(25)17-20(3)21(4)29/h5-12,14-18,32H,1,4,13,19,29H2,2-3H3/b20-17+,28-10+,30-6-. The molecule has 4 heteroatoms. The second kappa shape index (κ2) is 10.9. The van der Waals surface area contributed by atoms with Crippen LogP contribution in [0.3, 0.4) is 0 Å². The zero-order chi connectivity index (χ0) is 22.9. The van der Waals surface area contributed by atoms with Gasteiger partial charge in [0.1, 0.15) is 5.82 Å². The van der Waals surface area contributed by atoms with E-state index in [1.165, 1.54) is 0 Å². The molecule has 0 fully saturated rings. The van der Waals surface area contributed by atoms with Gasteiger partial charge in [0.15, 0.2) is 0 Å². The second-order valence-corrected chi connectivity index (χ2v) is 7.50. The lowest BCUT2D eigenvalue weighted by molar-refractivity contribution is 0.802. The summed E-state index contributed by atoms with van der Waals surface area (Å²) in [6, 6.07) is 14.9. The number of nitrogens with one attached hydrogen (secondary N) is 1. The molecule has 3 N–H and O–H groups in total. The summed E-state index contributed by atoms with van der Waals surface area (Å²) in [7, 11) is 0. The van der Waals surface area contributed by atoms with E-state index in [9.17, 15) is 0 Å². The fraction of sp³-hybridized carbons (Fsp3) is 0.143. The summed E-state index contributed by atoms with van der Waals surface area (Å²) in [5, 5.41) is 3.43. The minimum absolute atomic E-state index is 0.570. The van der Waals surface area contributed by atoms with Crippen LogP contribution in [-0.2, 0) is 6.54 Å². The van der Waals surface area contributed by atoms with Crippen molar-refractivity contribution in [2.45, 2.75) is 26.8 Å². The van der Waals surface area contributed by atoms with Crippen molar-refractivity contribution in [3.8, 4) is 11.1 Å². The Bertz CT molecular complexity index is 1160. The first-order valence-corrected chi connectivity index (χ1v) is 10.7. The van der Waals surface area contributed by atoms with Crippen molar-refractivity contribution < 1.29 is 0 Å². The molecule has 0 aromatic heterocycles. The van der Waals surface area contributed by atoms with E-state index in [-0.39, 0.29) is 0 Å². The van der Waals surface area contributed by atoms with Crippen molar-refractivity contribution in [2.24, 2.45) is 15.7 Å². The zero-order valence-corrected chi connectivity index (χ0v) is 18.8. The van der Waals surface area contributed by atoms with Gasteiger partial charge in [-0.15, -0.1) is 0 Å². The van der Waals surface area contributed by atoms with Crippen LogP contribution in [0.15, 0.2) is 107 Å². The van der Waals surface area contributed by atoms with Gasteiger partial charge in [-0.2, -0.15) is 0 Å². The first-order chi connectivity index (χ1) is 15.5. The van der Waals surface area contributed by atoms with Crippen LogP contribution in [0.1, 0.15) is 37.0 Å². The Morgan fingerprint density at radius 2 is 2.03 bits per heavy atom. The maximum atomic E-state index is 5.91. The van der Waals surface area contributed by atoms with Gasteiger partial charge in [0.25, 0.3) is 0 Å². The third kappa shape index (κ3) is 5.61. The highest BCUT2D eigenvalue weighted by atomic mass is 15.0. The molecule has 0 aliphatic carbocycles. The average Bonchev–Trinajstić information content (AvgIpc) is 3.33. The number of hydrogen-bond acceptors (Lipinski definition) is 4. The lowest BCUT2D eigenvalue weighted by Gasteiger charge is -2.16. The molecule has 0 unspecified atom stereocenters. The van der Waals surface area contributed by atoms with Gasteiger partial charge < -0.3 is 11.1 Å². The lowest BCUT2D eigenvalue weighted by Crippen LogP contribution is -2.13. The van der Waals surface area contributed by atoms with Gasteiger partial charge >= 0.3 is 0 Å². The van der Waals surface area contributed by atoms with Crippen molar-refractivity contribution >= 4 is 18.0 Å². The molecule has 4 nitrogen and oxygen atoms in total. The molecule has 0 bridgehead atoms. The molecule has 0 amide bonds. The Kier molecular flexibility index (Phi) is 7.76. The van der Waals surface area contributed by atoms with E-state index in [0.717, 1.165) is 51.3 Å². The van der Waals surface area contributed by atoms with E-state index in [1.54, 1.807) is 12.3 Å². The third-order valence-corrected chi connectivity index (χ3v) is 5.22. The minimum Gasteiger partial charge on any atom is -0.399 e. The van der Waals surface area contributed by atoms with Crippen LogP contribution < -0.4 is 11.1 Å². The number of nitrogens with zero attached hydrogens (tertiary/aromatic N) is 2. The summed E-state index contributed by atoms with van der Waals surface area (Å²) in [6.07, 6.45) is 12.2. The molecule has 2 aromatic carbocycles. The van der Waals surface area contributed by atoms with Crippen LogP contribution in [-0.4, -0.2) is 11.9 Å². The largest absolute Gasteiger partial charge is 0.399 e. The Balaban J connectivity index is 2.08. The normalized spacial score (nSPS) is 14.0. The molecule has 32 heavy (non-hydrogen) atoms. The van der Waals surface area contributed by atoms with Crippen LogP contribution in [0.4, 0.5) is 0 Å². The van der Waals surface area contributed by atoms with Crippen molar-refractivity contribution in [1.29, 1.82) is 0 Å². The summed E-state index contributed by atoms with van der Waals surface area (Å²) in [4.78, 5) is 8.91. The van der Waals surface area contributed by atoms with E-state index < -0.39 is 0 Å². The van der Waals surface area contributed by atoms with Gasteiger partial charge in [-0.05, 0) is 65.5 Å². The van der Waals surface area contributed by atoms with Gasteiger partial charge in [0.05, 0.1) is 5.71 Å². The smallest absolute Gasteiger partial charge is 0.125 e. The van der Waals surface area contributed by atoms with Gasteiger partial charge in [0.2, 0.25) is 0 Å². The highest BCUT2D eigenvalue weighted by Gasteiger charge is 2.13. The number of allylic oxidation sites excluding steroid dienone is 4. The number of nitrogens with two attached hydrogens (primary N) is 1. The highest BCUT2D eigenvalue weighted by Crippen LogP contribution is 2.31. The average molecular weight is 423 g/mol. The van der Waals surface area contributed by atoms with Crippen molar-refractivity contribution in [2.75, 3.05) is 0 Å². The van der Waals surface area contributed by atoms with Gasteiger partial charge in [-0.25, -0.2) is 4.99 Å². The summed E-state index contributed by atoms with van der Waals surface area (Å²) in [5.74, 6) is 0.766. The Hall–Kier alpha value is -3.92. The molecule has 0 atom stereocenters. The van der Waals surface area contributed by atoms with Crippen LogP contribution in [0.5, 0.6) is 0 Å². The predicted molar refractivity (Wildman–Crippen MR) is 138 cm³/mol. The van der Waals surface area contributed by atoms with E-state index in [0.29, 0.717) is 12.2 Å². The number of benzene rings is 2. The molecule has 0 saturated carbocycles. The van der Waals surface area contributed by atoms with Crippen molar-refractivity contribution in [1.82, 2.24) is 5.32 Å². The molecule has 0 spiro atoms. The maximum Gasteiger partial charge on any atom is 0.125 e. The first-order valence-electron chi connectivity index (χ1n) is 10.7. The van der Waals surface area contributed by atoms with Gasteiger partial charge in [0, 0.05) is 31.1 Å². The molecule has 0 radical (unpaired) electrons. The van der Waals surface area contributed by atoms with Crippen molar-refractivity contribution in [3.05, 3.63) is 114 Å². The summed E-state index contributed by atoms with van der Waals surface area (Å²) >= 11 is 0. The van der Waals surface area contributed by atoms with Crippen molar-refractivity contribution in [3.63, 3.8) is 0 Å². The molecule has 3 rings (SSSR count). The fourth-order valence-electron chi connectivity index (χ4n) is 3.51. The molecule has 1 aliphatic heterocycles. The Labute approximate surface area is 191 Å². The van der Waals surface area contributed by atoms with Crippen LogP contribution in [0, 0.1) is 0 Å². The number of hydrogen-bond donors (Lipinski definition) is 2. The van der Waals surface area contributed by atoms with Crippen LogP contribution in [0.2, 0.25) is 0 Å². The summed E-state index contributed by atoms with van der Waals surface area (Å²) in [6.45, 7) is 12.1. The molecule has 1 heterocycles. The third-order valence-electron chi connectivity index (χ3n) is 5.22. The van der Waals surface area contributed by atoms with E-state index in [1.807, 2.05) is 32.2 Å². The SMILES string of the molecule is C=C/C=C(\N=C/C)NCc1cc(C2=NC=CC2)ccc1-c1ccccc1/C=C(\C)C(=C)N. The zero-order valence-electron chi connectivity index (χ0n) is 18.8. The number of aliphatic imine (C=N–C) groups is 2. The summed E-state index contributed by atoms with van der Waals surface area (Å²) in [5.41, 5.74) is 14.2. The molecule has 1 aliphatic rings. The van der Waals surface area contributed by atoms with E-state index in [4.69, 9.17) is 5.73 Å².